The number of carbonyl (C=O) groups is 1. The van der Waals surface area contributed by atoms with Crippen LogP contribution in [-0.2, 0) is 13.2 Å². The van der Waals surface area contributed by atoms with Crippen molar-refractivity contribution in [3.05, 3.63) is 99.4 Å². The first-order valence-corrected chi connectivity index (χ1v) is 10.3. The number of nitrogens with zero attached hydrogens (tertiary/aromatic N) is 2. The van der Waals surface area contributed by atoms with E-state index in [4.69, 9.17) is 20.8 Å². The Kier molecular flexibility index (Phi) is 6.79. The lowest BCUT2D eigenvalue weighted by atomic mass is 10.1. The average molecular weight is 512 g/mol. The molecule has 0 spiro atoms. The number of anilines is 1. The molecule has 1 N–H and O–H groups in total. The van der Waals surface area contributed by atoms with Crippen LogP contribution in [0.5, 0.6) is 5.75 Å². The average Bonchev–Trinajstić information content (AvgIpc) is 3.48. The normalized spacial score (nSPS) is 11.1. The van der Waals surface area contributed by atoms with Crippen LogP contribution >= 0.6 is 11.6 Å². The molecule has 0 unspecified atom stereocenters. The number of nitrogens with one attached hydrogen (secondary N) is 1. The fraction of sp³-hybridized carbons (Fsp3) is 0.130. The first-order valence-electron chi connectivity index (χ1n) is 9.97. The molecule has 1 amide bonds. The van der Waals surface area contributed by atoms with Gasteiger partial charge in [-0.25, -0.2) is 22.0 Å². The van der Waals surface area contributed by atoms with Gasteiger partial charge < -0.3 is 14.5 Å². The van der Waals surface area contributed by atoms with Crippen LogP contribution in [0, 0.1) is 36.0 Å². The molecular formula is C23H15ClF5N3O3. The molecule has 2 heterocycles. The van der Waals surface area contributed by atoms with Gasteiger partial charge in [0.2, 0.25) is 5.82 Å². The fourth-order valence-electron chi connectivity index (χ4n) is 3.17. The van der Waals surface area contributed by atoms with Gasteiger partial charge in [-0.2, -0.15) is 5.10 Å². The molecule has 4 aromatic rings. The van der Waals surface area contributed by atoms with Crippen LogP contribution < -0.4 is 10.1 Å². The van der Waals surface area contributed by atoms with Gasteiger partial charge in [-0.3, -0.25) is 9.48 Å². The molecule has 182 valence electrons. The van der Waals surface area contributed by atoms with Gasteiger partial charge in [-0.1, -0.05) is 23.7 Å². The molecule has 0 aliphatic heterocycles. The molecular weight excluding hydrogens is 497 g/mol. The number of hydrogen-bond acceptors (Lipinski definition) is 4. The van der Waals surface area contributed by atoms with Crippen molar-refractivity contribution < 1.29 is 35.9 Å². The summed E-state index contributed by atoms with van der Waals surface area (Å²) >= 11 is 6.11. The van der Waals surface area contributed by atoms with Crippen molar-refractivity contribution in [3.8, 4) is 5.75 Å². The van der Waals surface area contributed by atoms with Crippen molar-refractivity contribution in [1.82, 2.24) is 9.78 Å². The SMILES string of the molecule is Cc1cccc(Cl)c1OCc1ccc(C(=O)Nc2ccn(Cc3c(F)c(F)c(F)c(F)c3F)n2)o1. The van der Waals surface area contributed by atoms with Crippen molar-refractivity contribution in [3.63, 3.8) is 0 Å². The molecule has 0 aliphatic rings. The van der Waals surface area contributed by atoms with E-state index in [0.29, 0.717) is 16.5 Å². The molecule has 0 radical (unpaired) electrons. The summed E-state index contributed by atoms with van der Waals surface area (Å²) in [5.74, 6) is -10.3. The number of aromatic nitrogens is 2. The summed E-state index contributed by atoms with van der Waals surface area (Å²) in [6.45, 7) is 1.08. The third-order valence-corrected chi connectivity index (χ3v) is 5.21. The molecule has 2 aromatic carbocycles. The van der Waals surface area contributed by atoms with E-state index in [-0.39, 0.29) is 18.2 Å². The largest absolute Gasteiger partial charge is 0.484 e. The fourth-order valence-corrected chi connectivity index (χ4v) is 3.44. The molecule has 0 aliphatic carbocycles. The highest BCUT2D eigenvalue weighted by Crippen LogP contribution is 2.29. The van der Waals surface area contributed by atoms with E-state index in [9.17, 15) is 26.7 Å². The summed E-state index contributed by atoms with van der Waals surface area (Å²) in [7, 11) is 0. The van der Waals surface area contributed by atoms with Gasteiger partial charge in [-0.05, 0) is 30.7 Å². The first kappa shape index (κ1) is 24.3. The van der Waals surface area contributed by atoms with Gasteiger partial charge in [0.25, 0.3) is 5.91 Å². The standard InChI is InChI=1S/C23H15ClF5N3O3/c1-11-3-2-4-14(24)22(11)34-10-12-5-6-15(35-12)23(33)30-16-7-8-32(31-16)9-13-17(25)19(27)21(29)20(28)18(13)26/h2-8H,9-10H2,1H3,(H,30,31,33). The highest BCUT2D eigenvalue weighted by atomic mass is 35.5. The van der Waals surface area contributed by atoms with E-state index in [1.165, 1.54) is 24.4 Å². The van der Waals surface area contributed by atoms with Crippen LogP contribution in [0.1, 0.15) is 27.4 Å². The summed E-state index contributed by atoms with van der Waals surface area (Å²) < 4.78 is 79.8. The summed E-state index contributed by atoms with van der Waals surface area (Å²) in [6, 6.07) is 9.49. The quantitative estimate of drug-likeness (QED) is 0.187. The summed E-state index contributed by atoms with van der Waals surface area (Å²) in [5, 5.41) is 6.70. The Hall–Kier alpha value is -3.86. The van der Waals surface area contributed by atoms with E-state index in [1.807, 2.05) is 13.0 Å². The molecule has 6 nitrogen and oxygen atoms in total. The minimum Gasteiger partial charge on any atom is -0.484 e. The van der Waals surface area contributed by atoms with E-state index in [0.717, 1.165) is 10.2 Å². The van der Waals surface area contributed by atoms with Gasteiger partial charge in [0.1, 0.15) is 18.1 Å². The highest BCUT2D eigenvalue weighted by molar-refractivity contribution is 6.32. The van der Waals surface area contributed by atoms with E-state index in [1.54, 1.807) is 12.1 Å². The molecule has 12 heteroatoms. The molecule has 2 aromatic heterocycles. The molecule has 0 bridgehead atoms. The van der Waals surface area contributed by atoms with Crippen molar-refractivity contribution in [2.24, 2.45) is 0 Å². The summed E-state index contributed by atoms with van der Waals surface area (Å²) in [6.07, 6.45) is 1.20. The Bertz CT molecular complexity index is 1370. The number of rotatable bonds is 7. The van der Waals surface area contributed by atoms with E-state index in [2.05, 4.69) is 10.4 Å². The van der Waals surface area contributed by atoms with E-state index < -0.39 is 47.1 Å². The minimum atomic E-state index is -2.25. The van der Waals surface area contributed by atoms with Crippen molar-refractivity contribution in [2.45, 2.75) is 20.1 Å². The van der Waals surface area contributed by atoms with Gasteiger partial charge >= 0.3 is 0 Å². The lowest BCUT2D eigenvalue weighted by molar-refractivity contribution is 0.0992. The van der Waals surface area contributed by atoms with Crippen molar-refractivity contribution in [1.29, 1.82) is 0 Å². The Morgan fingerprint density at radius 1 is 1.03 bits per heavy atom. The monoisotopic (exact) mass is 511 g/mol. The second-order valence-electron chi connectivity index (χ2n) is 7.34. The van der Waals surface area contributed by atoms with Crippen LogP contribution in [0.2, 0.25) is 5.02 Å². The molecule has 0 saturated heterocycles. The zero-order valence-electron chi connectivity index (χ0n) is 17.8. The van der Waals surface area contributed by atoms with Gasteiger partial charge in [0.05, 0.1) is 17.1 Å². The zero-order valence-corrected chi connectivity index (χ0v) is 18.6. The van der Waals surface area contributed by atoms with Crippen molar-refractivity contribution in [2.75, 3.05) is 5.32 Å². The maximum Gasteiger partial charge on any atom is 0.292 e. The predicted molar refractivity (Wildman–Crippen MR) is 115 cm³/mol. The number of hydrogen-bond donors (Lipinski definition) is 1. The maximum atomic E-state index is 13.9. The van der Waals surface area contributed by atoms with Crippen LogP contribution in [0.3, 0.4) is 0 Å². The Balaban J connectivity index is 1.41. The second-order valence-corrected chi connectivity index (χ2v) is 7.75. The Morgan fingerprint density at radius 2 is 1.71 bits per heavy atom. The number of halogens is 6. The third kappa shape index (κ3) is 4.99. The second kappa shape index (κ2) is 9.79. The Morgan fingerprint density at radius 3 is 2.40 bits per heavy atom. The van der Waals surface area contributed by atoms with Crippen LogP contribution in [-0.4, -0.2) is 15.7 Å². The number of furan rings is 1. The maximum absolute atomic E-state index is 13.9. The van der Waals surface area contributed by atoms with E-state index >= 15 is 0 Å². The summed E-state index contributed by atoms with van der Waals surface area (Å²) in [5.41, 5.74) is -0.240. The topological polar surface area (TPSA) is 69.3 Å². The predicted octanol–water partition coefficient (Wildman–Crippen LogP) is 6.01. The summed E-state index contributed by atoms with van der Waals surface area (Å²) in [4.78, 5) is 12.4. The molecule has 0 saturated carbocycles. The van der Waals surface area contributed by atoms with Crippen LogP contribution in [0.15, 0.2) is 47.0 Å². The van der Waals surface area contributed by atoms with Crippen LogP contribution in [0.4, 0.5) is 27.8 Å². The highest BCUT2D eigenvalue weighted by Gasteiger charge is 2.26. The van der Waals surface area contributed by atoms with Crippen LogP contribution in [0.25, 0.3) is 0 Å². The van der Waals surface area contributed by atoms with Gasteiger partial charge in [0.15, 0.2) is 34.8 Å². The third-order valence-electron chi connectivity index (χ3n) is 4.91. The van der Waals surface area contributed by atoms with Gasteiger partial charge in [-0.15, -0.1) is 0 Å². The smallest absolute Gasteiger partial charge is 0.292 e. The molecule has 35 heavy (non-hydrogen) atoms. The zero-order chi connectivity index (χ0) is 25.3. The first-order chi connectivity index (χ1) is 16.7. The number of ether oxygens (including phenoxy) is 1. The minimum absolute atomic E-state index is 0.00833. The number of carbonyl (C=O) groups excluding carboxylic acids is 1. The molecule has 0 atom stereocenters. The number of benzene rings is 2. The molecule has 0 fully saturated rings. The number of aryl methyl sites for hydroxylation is 1. The Labute approximate surface area is 199 Å². The lowest BCUT2D eigenvalue weighted by Gasteiger charge is -2.09. The van der Waals surface area contributed by atoms with Gasteiger partial charge in [0, 0.05) is 12.3 Å². The number of amides is 1. The molecule has 4 rings (SSSR count). The number of para-hydroxylation sites is 1. The van der Waals surface area contributed by atoms with Crippen molar-refractivity contribution >= 4 is 23.3 Å². The lowest BCUT2D eigenvalue weighted by Crippen LogP contribution is -2.13.